The quantitative estimate of drug-likeness (QED) is 0.248. The second-order valence-electron chi connectivity index (χ2n) is 8.60. The summed E-state index contributed by atoms with van der Waals surface area (Å²) < 4.78 is 23.1. The van der Waals surface area contributed by atoms with E-state index in [0.717, 1.165) is 36.1 Å². The summed E-state index contributed by atoms with van der Waals surface area (Å²) in [4.78, 5) is 20.5. The molecule has 3 rings (SSSR count). The monoisotopic (exact) mass is 504 g/mol. The SMILES string of the molecule is COc1ccc(-c2c(Br)oc3ncnc(OC(C)CCCCC(=O)OC(C)(C)C)c23)cc1. The first-order valence-corrected chi connectivity index (χ1v) is 11.4. The second kappa shape index (κ2) is 10.3. The molecule has 0 radical (unpaired) electrons. The number of benzene rings is 1. The Morgan fingerprint density at radius 1 is 1.16 bits per heavy atom. The van der Waals surface area contributed by atoms with Crippen LogP contribution in [0.4, 0.5) is 0 Å². The fraction of sp³-hybridized carbons (Fsp3) is 0.458. The predicted octanol–water partition coefficient (Wildman–Crippen LogP) is 6.33. The van der Waals surface area contributed by atoms with Gasteiger partial charge in [0.15, 0.2) is 4.67 Å². The van der Waals surface area contributed by atoms with Gasteiger partial charge >= 0.3 is 5.97 Å². The highest BCUT2D eigenvalue weighted by Gasteiger charge is 2.22. The highest BCUT2D eigenvalue weighted by Crippen LogP contribution is 2.41. The molecule has 1 atom stereocenters. The molecule has 0 bridgehead atoms. The molecular formula is C24H29BrN2O5. The van der Waals surface area contributed by atoms with Gasteiger partial charge in [-0.25, -0.2) is 9.97 Å². The number of esters is 1. The first-order chi connectivity index (χ1) is 15.2. The van der Waals surface area contributed by atoms with Crippen molar-refractivity contribution < 1.29 is 23.4 Å². The van der Waals surface area contributed by atoms with Crippen LogP contribution >= 0.6 is 15.9 Å². The summed E-state index contributed by atoms with van der Waals surface area (Å²) in [6.45, 7) is 7.61. The van der Waals surface area contributed by atoms with E-state index < -0.39 is 5.60 Å². The van der Waals surface area contributed by atoms with Gasteiger partial charge in [0.25, 0.3) is 0 Å². The third kappa shape index (κ3) is 6.22. The van der Waals surface area contributed by atoms with E-state index in [2.05, 4.69) is 25.9 Å². The third-order valence-electron chi connectivity index (χ3n) is 4.76. The third-order valence-corrected chi connectivity index (χ3v) is 5.32. The van der Waals surface area contributed by atoms with Gasteiger partial charge < -0.3 is 18.6 Å². The van der Waals surface area contributed by atoms with Gasteiger partial charge in [-0.2, -0.15) is 0 Å². The second-order valence-corrected chi connectivity index (χ2v) is 9.32. The summed E-state index contributed by atoms with van der Waals surface area (Å²) in [6.07, 6.45) is 4.11. The summed E-state index contributed by atoms with van der Waals surface area (Å²) >= 11 is 3.50. The Hall–Kier alpha value is -2.61. The molecule has 172 valence electrons. The van der Waals surface area contributed by atoms with Crippen molar-refractivity contribution in [2.45, 2.75) is 65.1 Å². The summed E-state index contributed by atoms with van der Waals surface area (Å²) in [5, 5.41) is 0.713. The summed E-state index contributed by atoms with van der Waals surface area (Å²) in [7, 11) is 1.63. The van der Waals surface area contributed by atoms with Gasteiger partial charge in [0.2, 0.25) is 11.6 Å². The molecular weight excluding hydrogens is 476 g/mol. The van der Waals surface area contributed by atoms with Gasteiger partial charge in [-0.3, -0.25) is 4.79 Å². The van der Waals surface area contributed by atoms with Crippen LogP contribution < -0.4 is 9.47 Å². The lowest BCUT2D eigenvalue weighted by Gasteiger charge is -2.19. The number of hydrogen-bond acceptors (Lipinski definition) is 7. The van der Waals surface area contributed by atoms with E-state index in [9.17, 15) is 4.79 Å². The molecule has 0 aliphatic carbocycles. The van der Waals surface area contributed by atoms with Gasteiger partial charge in [0.1, 0.15) is 23.1 Å². The number of aromatic nitrogens is 2. The van der Waals surface area contributed by atoms with Crippen LogP contribution in [-0.4, -0.2) is 34.8 Å². The van der Waals surface area contributed by atoms with Crippen molar-refractivity contribution in [3.63, 3.8) is 0 Å². The van der Waals surface area contributed by atoms with E-state index in [1.165, 1.54) is 6.33 Å². The van der Waals surface area contributed by atoms with Gasteiger partial charge in [-0.15, -0.1) is 0 Å². The lowest BCUT2D eigenvalue weighted by molar-refractivity contribution is -0.154. The van der Waals surface area contributed by atoms with E-state index in [0.29, 0.717) is 28.1 Å². The maximum atomic E-state index is 11.9. The Morgan fingerprint density at radius 3 is 2.53 bits per heavy atom. The predicted molar refractivity (Wildman–Crippen MR) is 126 cm³/mol. The van der Waals surface area contributed by atoms with Crippen LogP contribution in [0.25, 0.3) is 22.2 Å². The number of halogens is 1. The molecule has 0 N–H and O–H groups in total. The van der Waals surface area contributed by atoms with Crippen LogP contribution in [0.3, 0.4) is 0 Å². The number of ether oxygens (including phenoxy) is 3. The molecule has 0 saturated carbocycles. The number of unbranched alkanes of at least 4 members (excludes halogenated alkanes) is 1. The Labute approximate surface area is 196 Å². The van der Waals surface area contributed by atoms with Crippen molar-refractivity contribution in [3.05, 3.63) is 35.3 Å². The van der Waals surface area contributed by atoms with E-state index in [1.807, 2.05) is 52.0 Å². The van der Waals surface area contributed by atoms with Crippen LogP contribution in [0.15, 0.2) is 39.7 Å². The molecule has 0 aliphatic rings. The molecule has 1 aromatic carbocycles. The molecule has 0 aliphatic heterocycles. The number of hydrogen-bond donors (Lipinski definition) is 0. The molecule has 2 heterocycles. The van der Waals surface area contributed by atoms with Crippen LogP contribution in [0.1, 0.15) is 53.4 Å². The lowest BCUT2D eigenvalue weighted by atomic mass is 10.1. The smallest absolute Gasteiger partial charge is 0.306 e. The number of rotatable bonds is 9. The molecule has 3 aromatic rings. The van der Waals surface area contributed by atoms with Crippen LogP contribution in [0.2, 0.25) is 0 Å². The number of carbonyl (C=O) groups is 1. The zero-order valence-corrected chi connectivity index (χ0v) is 20.7. The van der Waals surface area contributed by atoms with Crippen LogP contribution in [0, 0.1) is 0 Å². The first kappa shape index (κ1) is 24.0. The highest BCUT2D eigenvalue weighted by molar-refractivity contribution is 9.10. The van der Waals surface area contributed by atoms with Gasteiger partial charge in [-0.1, -0.05) is 12.1 Å². The normalized spacial score (nSPS) is 12.6. The Kier molecular flexibility index (Phi) is 7.77. The molecule has 2 aromatic heterocycles. The van der Waals surface area contributed by atoms with Gasteiger partial charge in [0, 0.05) is 12.0 Å². The molecule has 0 saturated heterocycles. The first-order valence-electron chi connectivity index (χ1n) is 10.6. The van der Waals surface area contributed by atoms with Crippen LogP contribution in [-0.2, 0) is 9.53 Å². The molecule has 0 fully saturated rings. The van der Waals surface area contributed by atoms with Crippen LogP contribution in [0.5, 0.6) is 11.6 Å². The van der Waals surface area contributed by atoms with Crippen molar-refractivity contribution in [2.75, 3.05) is 7.11 Å². The van der Waals surface area contributed by atoms with Crippen molar-refractivity contribution in [3.8, 4) is 22.8 Å². The number of carbonyl (C=O) groups excluding carboxylic acids is 1. The average Bonchev–Trinajstić information content (AvgIpc) is 3.07. The fourth-order valence-electron chi connectivity index (χ4n) is 3.33. The number of furan rings is 1. The molecule has 32 heavy (non-hydrogen) atoms. The zero-order valence-electron chi connectivity index (χ0n) is 19.1. The fourth-order valence-corrected chi connectivity index (χ4v) is 3.91. The minimum Gasteiger partial charge on any atom is -0.497 e. The maximum Gasteiger partial charge on any atom is 0.306 e. The average molecular weight is 505 g/mol. The minimum atomic E-state index is -0.452. The molecule has 1 unspecified atom stereocenters. The summed E-state index contributed by atoms with van der Waals surface area (Å²) in [5.41, 5.74) is 1.76. The van der Waals surface area contributed by atoms with E-state index in [1.54, 1.807) is 7.11 Å². The lowest BCUT2D eigenvalue weighted by Crippen LogP contribution is -2.23. The summed E-state index contributed by atoms with van der Waals surface area (Å²) in [6, 6.07) is 7.67. The van der Waals surface area contributed by atoms with Gasteiger partial charge in [0.05, 0.1) is 13.2 Å². The Balaban J connectivity index is 1.69. The largest absolute Gasteiger partial charge is 0.497 e. The standard InChI is InChI=1S/C24H29BrN2O5/c1-15(8-6-7-9-18(28)32-24(2,3)4)30-22-20-19(16-10-12-17(29-5)13-11-16)21(25)31-23(20)27-14-26-22/h10-15H,6-9H2,1-5H3. The van der Waals surface area contributed by atoms with Crippen molar-refractivity contribution in [2.24, 2.45) is 0 Å². The molecule has 0 amide bonds. The minimum absolute atomic E-state index is 0.0934. The Morgan fingerprint density at radius 2 is 1.88 bits per heavy atom. The Bertz CT molecular complexity index is 1060. The topological polar surface area (TPSA) is 83.7 Å². The maximum absolute atomic E-state index is 11.9. The highest BCUT2D eigenvalue weighted by atomic mass is 79.9. The van der Waals surface area contributed by atoms with E-state index in [-0.39, 0.29) is 12.1 Å². The number of nitrogens with zero attached hydrogens (tertiary/aromatic N) is 2. The van der Waals surface area contributed by atoms with Crippen molar-refractivity contribution >= 4 is 33.0 Å². The zero-order chi connectivity index (χ0) is 23.3. The molecule has 7 nitrogen and oxygen atoms in total. The van der Waals surface area contributed by atoms with Gasteiger partial charge in [-0.05, 0) is 80.6 Å². The van der Waals surface area contributed by atoms with E-state index in [4.69, 9.17) is 18.6 Å². The number of fused-ring (bicyclic) bond motifs is 1. The number of methoxy groups -OCH3 is 1. The van der Waals surface area contributed by atoms with Crippen molar-refractivity contribution in [1.82, 2.24) is 9.97 Å². The summed E-state index contributed by atoms with van der Waals surface area (Å²) in [5.74, 6) is 1.07. The van der Waals surface area contributed by atoms with Crippen molar-refractivity contribution in [1.29, 1.82) is 0 Å². The van der Waals surface area contributed by atoms with E-state index >= 15 is 0 Å². The molecule has 0 spiro atoms. The molecule has 8 heteroatoms.